The number of para-hydroxylation sites is 2. The Kier molecular flexibility index (Phi) is 5.62. The minimum Gasteiger partial charge on any atom is -0.299 e. The van der Waals surface area contributed by atoms with Crippen molar-refractivity contribution in [3.8, 4) is 0 Å². The van der Waals surface area contributed by atoms with Crippen molar-refractivity contribution in [1.82, 2.24) is 0 Å². The van der Waals surface area contributed by atoms with Gasteiger partial charge in [-0.3, -0.25) is 19.5 Å². The number of Topliss-reactive ketones (excluding diaryl/α,β-unsaturated/α-hetero) is 1. The van der Waals surface area contributed by atoms with Gasteiger partial charge in [0.15, 0.2) is 0 Å². The summed E-state index contributed by atoms with van der Waals surface area (Å²) in [6.45, 7) is 3.81. The lowest BCUT2D eigenvalue weighted by molar-refractivity contribution is -0.171. The summed E-state index contributed by atoms with van der Waals surface area (Å²) >= 11 is 12.6. The summed E-state index contributed by atoms with van der Waals surface area (Å²) in [7, 11) is 0. The summed E-state index contributed by atoms with van der Waals surface area (Å²) in [5.41, 5.74) is 0.323. The van der Waals surface area contributed by atoms with Gasteiger partial charge in [0.1, 0.15) is 5.78 Å². The predicted molar refractivity (Wildman–Crippen MR) is 118 cm³/mol. The molecule has 0 radical (unpaired) electrons. The van der Waals surface area contributed by atoms with Crippen LogP contribution in [0, 0.1) is 11.3 Å². The number of aliphatic imine (C=N–C) groups is 1. The Morgan fingerprint density at radius 1 is 1.09 bits per heavy atom. The lowest BCUT2D eigenvalue weighted by Crippen LogP contribution is -2.50. The molecule has 4 nitrogen and oxygen atoms in total. The first-order chi connectivity index (χ1) is 14.9. The average molecular weight is 483 g/mol. The number of carbonyl (C=O) groups is 2. The number of anilines is 1. The van der Waals surface area contributed by atoms with E-state index in [2.05, 4.69) is 4.99 Å². The fourth-order valence-corrected chi connectivity index (χ4v) is 4.97. The molecule has 1 heterocycles. The monoisotopic (exact) mass is 482 g/mol. The van der Waals surface area contributed by atoms with Crippen LogP contribution in [0.4, 0.5) is 24.5 Å². The van der Waals surface area contributed by atoms with E-state index in [1.807, 2.05) is 13.8 Å². The maximum Gasteiger partial charge on any atom is 0.471 e. The molecule has 0 spiro atoms. The molecular formula is C23H19Cl2F3N2O2. The van der Waals surface area contributed by atoms with E-state index in [-0.39, 0.29) is 39.2 Å². The highest BCUT2D eigenvalue weighted by atomic mass is 35.5. The molecule has 0 N–H and O–H groups in total. The maximum absolute atomic E-state index is 13.8. The van der Waals surface area contributed by atoms with Crippen molar-refractivity contribution in [2.45, 2.75) is 38.9 Å². The zero-order valence-corrected chi connectivity index (χ0v) is 18.7. The van der Waals surface area contributed by atoms with Gasteiger partial charge in [0.2, 0.25) is 0 Å². The Morgan fingerprint density at radius 3 is 2.47 bits per heavy atom. The van der Waals surface area contributed by atoms with Crippen molar-refractivity contribution in [3.63, 3.8) is 0 Å². The first kappa shape index (κ1) is 22.8. The molecule has 1 aliphatic heterocycles. The fourth-order valence-electron chi connectivity index (χ4n) is 4.55. The highest BCUT2D eigenvalue weighted by Crippen LogP contribution is 2.50. The molecule has 168 valence electrons. The van der Waals surface area contributed by atoms with Gasteiger partial charge < -0.3 is 0 Å². The number of halogens is 5. The van der Waals surface area contributed by atoms with Gasteiger partial charge in [-0.25, -0.2) is 0 Å². The molecule has 2 atom stereocenters. The number of hydrogen-bond donors (Lipinski definition) is 0. The van der Waals surface area contributed by atoms with Gasteiger partial charge in [0.05, 0.1) is 33.4 Å². The number of fused-ring (bicyclic) bond motifs is 2. The molecule has 0 aromatic heterocycles. The van der Waals surface area contributed by atoms with Crippen LogP contribution in [-0.2, 0) is 9.59 Å². The number of rotatable bonds is 1. The number of benzene rings is 2. The predicted octanol–water partition coefficient (Wildman–Crippen LogP) is 6.72. The summed E-state index contributed by atoms with van der Waals surface area (Å²) in [4.78, 5) is 31.4. The highest BCUT2D eigenvalue weighted by Gasteiger charge is 2.53. The Morgan fingerprint density at radius 2 is 1.78 bits per heavy atom. The van der Waals surface area contributed by atoms with Crippen LogP contribution in [0.5, 0.6) is 0 Å². The van der Waals surface area contributed by atoms with E-state index < -0.39 is 29.5 Å². The van der Waals surface area contributed by atoms with Crippen LogP contribution in [0.3, 0.4) is 0 Å². The van der Waals surface area contributed by atoms with E-state index in [0.717, 1.165) is 0 Å². The van der Waals surface area contributed by atoms with Crippen LogP contribution in [0.1, 0.15) is 38.3 Å². The Balaban J connectivity index is 2.05. The summed E-state index contributed by atoms with van der Waals surface area (Å²) < 4.78 is 41.4. The third-order valence-electron chi connectivity index (χ3n) is 5.78. The van der Waals surface area contributed by atoms with Gasteiger partial charge in [-0.05, 0) is 35.6 Å². The summed E-state index contributed by atoms with van der Waals surface area (Å²) in [5, 5.41) is 0.110. The van der Waals surface area contributed by atoms with E-state index in [9.17, 15) is 22.8 Å². The van der Waals surface area contributed by atoms with E-state index in [0.29, 0.717) is 17.0 Å². The quantitative estimate of drug-likeness (QED) is 0.452. The smallest absolute Gasteiger partial charge is 0.299 e. The standard InChI is InChI=1S/C23H19Cl2F3N2O2/c1-22(2)10-15-18(17(31)11-22)20(12-6-5-7-13(24)19(12)25)30(21(32)23(26,27)28)16-9-4-3-8-14(16)29-15/h3-9,18,20H,10-11H2,1-2H3/t18-,20-/m1/s1. The topological polar surface area (TPSA) is 49.7 Å². The van der Waals surface area contributed by atoms with Crippen molar-refractivity contribution in [2.75, 3.05) is 4.90 Å². The molecule has 0 bridgehead atoms. The van der Waals surface area contributed by atoms with E-state index in [1.165, 1.54) is 36.4 Å². The van der Waals surface area contributed by atoms with E-state index in [4.69, 9.17) is 23.2 Å². The molecule has 2 aromatic rings. The van der Waals surface area contributed by atoms with Gasteiger partial charge in [-0.15, -0.1) is 0 Å². The van der Waals surface area contributed by atoms with Gasteiger partial charge in [0.25, 0.3) is 0 Å². The first-order valence-corrected chi connectivity index (χ1v) is 10.7. The Labute approximate surface area is 193 Å². The second kappa shape index (κ2) is 7.89. The van der Waals surface area contributed by atoms with Crippen LogP contribution >= 0.6 is 23.2 Å². The molecule has 1 saturated carbocycles. The van der Waals surface area contributed by atoms with Crippen molar-refractivity contribution < 1.29 is 22.8 Å². The Bertz CT molecular complexity index is 1140. The number of nitrogens with zero attached hydrogens (tertiary/aromatic N) is 2. The van der Waals surface area contributed by atoms with Gasteiger partial charge in [-0.2, -0.15) is 13.2 Å². The molecule has 32 heavy (non-hydrogen) atoms. The van der Waals surface area contributed by atoms with Gasteiger partial charge in [-0.1, -0.05) is 61.3 Å². The van der Waals surface area contributed by atoms with Crippen LogP contribution in [-0.4, -0.2) is 23.6 Å². The molecule has 1 fully saturated rings. The van der Waals surface area contributed by atoms with Crippen LogP contribution < -0.4 is 4.90 Å². The molecule has 0 unspecified atom stereocenters. The largest absolute Gasteiger partial charge is 0.471 e. The second-order valence-corrected chi connectivity index (χ2v) is 9.60. The van der Waals surface area contributed by atoms with Crippen LogP contribution in [0.15, 0.2) is 47.5 Å². The fraction of sp³-hybridized carbons (Fsp3) is 0.348. The zero-order valence-electron chi connectivity index (χ0n) is 17.2. The van der Waals surface area contributed by atoms with Crippen molar-refractivity contribution in [1.29, 1.82) is 0 Å². The maximum atomic E-state index is 13.8. The van der Waals surface area contributed by atoms with Crippen LogP contribution in [0.25, 0.3) is 0 Å². The average Bonchev–Trinajstić information content (AvgIpc) is 2.82. The second-order valence-electron chi connectivity index (χ2n) is 8.81. The molecular weight excluding hydrogens is 464 g/mol. The summed E-state index contributed by atoms with van der Waals surface area (Å²) in [5.74, 6) is -3.48. The van der Waals surface area contributed by atoms with E-state index in [1.54, 1.807) is 6.07 Å². The lowest BCUT2D eigenvalue weighted by atomic mass is 9.68. The molecule has 0 saturated heterocycles. The zero-order chi connectivity index (χ0) is 23.4. The van der Waals surface area contributed by atoms with Crippen molar-refractivity contribution in [3.05, 3.63) is 58.1 Å². The summed E-state index contributed by atoms with van der Waals surface area (Å²) in [6.07, 6.45) is -4.66. The van der Waals surface area contributed by atoms with Crippen molar-refractivity contribution >= 4 is 52.0 Å². The third-order valence-corrected chi connectivity index (χ3v) is 6.61. The third kappa shape index (κ3) is 3.92. The van der Waals surface area contributed by atoms with Crippen molar-refractivity contribution in [2.24, 2.45) is 16.3 Å². The minimum atomic E-state index is -5.18. The first-order valence-electron chi connectivity index (χ1n) is 9.94. The molecule has 2 aliphatic rings. The minimum absolute atomic E-state index is 0.00416. The number of amides is 1. The highest BCUT2D eigenvalue weighted by molar-refractivity contribution is 6.42. The molecule has 1 aliphatic carbocycles. The van der Waals surface area contributed by atoms with Gasteiger partial charge in [0, 0.05) is 12.1 Å². The van der Waals surface area contributed by atoms with E-state index >= 15 is 0 Å². The van der Waals surface area contributed by atoms with Crippen LogP contribution in [0.2, 0.25) is 10.0 Å². The molecule has 9 heteroatoms. The lowest BCUT2D eigenvalue weighted by Gasteiger charge is -2.41. The molecule has 1 amide bonds. The normalized spacial score (nSPS) is 22.5. The number of ketones is 1. The molecule has 4 rings (SSSR count). The Hall–Kier alpha value is -2.38. The summed E-state index contributed by atoms with van der Waals surface area (Å²) in [6, 6.07) is 9.24. The number of alkyl halides is 3. The SMILES string of the molecule is CC1(C)CC(=O)[C@H]2C(=Nc3ccccc3N(C(=O)C(F)(F)F)[C@@H]2c2cccc(Cl)c2Cl)C1. The van der Waals surface area contributed by atoms with Gasteiger partial charge >= 0.3 is 12.1 Å². The number of carbonyl (C=O) groups excluding carboxylic acids is 2. The molecule has 2 aromatic carbocycles. The number of hydrogen-bond acceptors (Lipinski definition) is 3.